The van der Waals surface area contributed by atoms with Gasteiger partial charge in [0.1, 0.15) is 30.4 Å². The number of nitrogens with zero attached hydrogens (tertiary/aromatic N) is 1. The van der Waals surface area contributed by atoms with Crippen LogP contribution in [0.25, 0.3) is 0 Å². The van der Waals surface area contributed by atoms with E-state index in [9.17, 15) is 34.5 Å². The number of aliphatic carboxylic acids is 1. The van der Waals surface area contributed by atoms with Crippen LogP contribution in [-0.2, 0) is 23.9 Å². The molecule has 0 aliphatic carbocycles. The molecule has 316 valence electrons. The molecule has 12 heteroatoms. The van der Waals surface area contributed by atoms with E-state index in [1.165, 1.54) is 83.5 Å². The number of ether oxygens (including phenoxy) is 1. The average molecular weight is 770 g/mol. The second-order valence-corrected chi connectivity index (χ2v) is 16.0. The Morgan fingerprint density at radius 3 is 1.61 bits per heavy atom. The lowest BCUT2D eigenvalue weighted by molar-refractivity contribution is -0.231. The number of carbonyl (C=O) groups is 4. The first-order valence-electron chi connectivity index (χ1n) is 21.7. The molecule has 1 saturated heterocycles. The number of carboxylic acids is 1. The summed E-state index contributed by atoms with van der Waals surface area (Å²) in [6.07, 6.45) is 18.2. The van der Waals surface area contributed by atoms with Crippen molar-refractivity contribution in [2.45, 2.75) is 225 Å². The quantitative estimate of drug-likeness (QED) is 0.0393. The fraction of sp³-hybridized carbons (Fsp3) is 0.905. The van der Waals surface area contributed by atoms with E-state index in [1.807, 2.05) is 13.8 Å². The highest BCUT2D eigenvalue weighted by atomic mass is 16.5. The van der Waals surface area contributed by atoms with E-state index in [-0.39, 0.29) is 37.5 Å². The van der Waals surface area contributed by atoms with Crippen LogP contribution in [-0.4, -0.2) is 98.8 Å². The molecule has 0 aromatic carbocycles. The molecule has 0 spiro atoms. The monoisotopic (exact) mass is 770 g/mol. The molecule has 0 radical (unpaired) electrons. The van der Waals surface area contributed by atoms with E-state index in [0.29, 0.717) is 19.4 Å². The Morgan fingerprint density at radius 2 is 1.15 bits per heavy atom. The van der Waals surface area contributed by atoms with Gasteiger partial charge in [-0.3, -0.25) is 19.2 Å². The summed E-state index contributed by atoms with van der Waals surface area (Å²) in [5.41, 5.74) is 0. The molecule has 0 aromatic rings. The van der Waals surface area contributed by atoms with Gasteiger partial charge < -0.3 is 40.7 Å². The lowest BCUT2D eigenvalue weighted by Crippen LogP contribution is -2.70. The van der Waals surface area contributed by atoms with Crippen LogP contribution < -0.4 is 10.6 Å². The lowest BCUT2D eigenvalue weighted by atomic mass is 9.94. The first kappa shape index (κ1) is 49.7. The number of amides is 3. The third-order valence-electron chi connectivity index (χ3n) is 10.5. The number of carboxylic acid groups (broad SMARTS) is 1. The molecule has 1 rings (SSSR count). The summed E-state index contributed by atoms with van der Waals surface area (Å²) in [7, 11) is 0. The minimum Gasteiger partial charge on any atom is -0.481 e. The van der Waals surface area contributed by atoms with Crippen LogP contribution in [0.1, 0.15) is 188 Å². The Morgan fingerprint density at radius 1 is 0.667 bits per heavy atom. The summed E-state index contributed by atoms with van der Waals surface area (Å²) in [4.78, 5) is 52.9. The number of aliphatic hydroxyl groups is 3. The molecule has 6 atom stereocenters. The Kier molecular flexibility index (Phi) is 28.4. The molecule has 12 nitrogen and oxygen atoms in total. The molecule has 0 saturated carbocycles. The van der Waals surface area contributed by atoms with Crippen molar-refractivity contribution in [3.8, 4) is 0 Å². The van der Waals surface area contributed by atoms with Crippen molar-refractivity contribution in [3.05, 3.63) is 0 Å². The number of nitrogens with one attached hydrogen (secondary N) is 2. The highest BCUT2D eigenvalue weighted by molar-refractivity contribution is 5.89. The molecule has 3 amide bonds. The first-order chi connectivity index (χ1) is 26.0. The molecule has 1 aliphatic heterocycles. The molecule has 1 fully saturated rings. The summed E-state index contributed by atoms with van der Waals surface area (Å²) < 4.78 is 6.15. The summed E-state index contributed by atoms with van der Waals surface area (Å²) in [5.74, 6) is -2.57. The summed E-state index contributed by atoms with van der Waals surface area (Å²) in [6.45, 7) is 7.92. The molecule has 1 heterocycles. The molecule has 54 heavy (non-hydrogen) atoms. The minimum atomic E-state index is -1.57. The van der Waals surface area contributed by atoms with Crippen LogP contribution in [0.3, 0.4) is 0 Å². The van der Waals surface area contributed by atoms with Crippen LogP contribution in [0, 0.1) is 5.92 Å². The van der Waals surface area contributed by atoms with Crippen molar-refractivity contribution in [1.82, 2.24) is 15.5 Å². The Hall–Kier alpha value is -2.28. The van der Waals surface area contributed by atoms with Gasteiger partial charge >= 0.3 is 5.97 Å². The van der Waals surface area contributed by atoms with Crippen LogP contribution in [0.4, 0.5) is 0 Å². The maximum atomic E-state index is 14.0. The third-order valence-corrected chi connectivity index (χ3v) is 10.5. The molecular formula is C42H79N3O9. The van der Waals surface area contributed by atoms with Gasteiger partial charge in [-0.15, -0.1) is 0 Å². The van der Waals surface area contributed by atoms with Crippen molar-refractivity contribution in [1.29, 1.82) is 0 Å². The van der Waals surface area contributed by atoms with E-state index >= 15 is 0 Å². The van der Waals surface area contributed by atoms with Gasteiger partial charge in [-0.1, -0.05) is 150 Å². The smallest absolute Gasteiger partial charge is 0.303 e. The summed E-state index contributed by atoms with van der Waals surface area (Å²) >= 11 is 0. The normalized spacial score (nSPS) is 20.5. The topological polar surface area (TPSA) is 186 Å². The van der Waals surface area contributed by atoms with E-state index < -0.39 is 61.0 Å². The van der Waals surface area contributed by atoms with Gasteiger partial charge in [0.25, 0.3) is 0 Å². The zero-order valence-electron chi connectivity index (χ0n) is 34.4. The molecule has 1 aliphatic rings. The van der Waals surface area contributed by atoms with E-state index in [4.69, 9.17) is 9.84 Å². The predicted molar refractivity (Wildman–Crippen MR) is 213 cm³/mol. The minimum absolute atomic E-state index is 0.0200. The van der Waals surface area contributed by atoms with Gasteiger partial charge in [0.05, 0.1) is 13.0 Å². The molecular weight excluding hydrogens is 690 g/mol. The average Bonchev–Trinajstić information content (AvgIpc) is 3.13. The maximum Gasteiger partial charge on any atom is 0.303 e. The van der Waals surface area contributed by atoms with Crippen LogP contribution in [0.15, 0.2) is 0 Å². The number of carbonyl (C=O) groups excluding carboxylic acids is 3. The van der Waals surface area contributed by atoms with Crippen LogP contribution in [0.5, 0.6) is 0 Å². The van der Waals surface area contributed by atoms with Crippen LogP contribution >= 0.6 is 0 Å². The third kappa shape index (κ3) is 21.7. The molecule has 0 aromatic heterocycles. The van der Waals surface area contributed by atoms with E-state index in [0.717, 1.165) is 38.5 Å². The Labute approximate surface area is 326 Å². The van der Waals surface area contributed by atoms with Gasteiger partial charge in [0.2, 0.25) is 17.7 Å². The number of aliphatic hydroxyl groups excluding tert-OH is 3. The first-order valence-corrected chi connectivity index (χ1v) is 21.7. The highest BCUT2D eigenvalue weighted by Crippen LogP contribution is 2.26. The summed E-state index contributed by atoms with van der Waals surface area (Å²) in [6, 6.07) is -2.29. The Bertz CT molecular complexity index is 1010. The second-order valence-electron chi connectivity index (χ2n) is 16.0. The number of hydrogen-bond acceptors (Lipinski definition) is 8. The number of unbranched alkanes of at least 4 members (excludes halogenated alkanes) is 19. The Balaban J connectivity index is 3.06. The van der Waals surface area contributed by atoms with Crippen molar-refractivity contribution in [2.75, 3.05) is 13.2 Å². The van der Waals surface area contributed by atoms with E-state index in [1.54, 1.807) is 4.90 Å². The van der Waals surface area contributed by atoms with Gasteiger partial charge in [-0.2, -0.15) is 0 Å². The fourth-order valence-electron chi connectivity index (χ4n) is 7.22. The van der Waals surface area contributed by atoms with E-state index in [2.05, 4.69) is 24.5 Å². The van der Waals surface area contributed by atoms with Crippen molar-refractivity contribution in [2.24, 2.45) is 5.92 Å². The predicted octanol–water partition coefficient (Wildman–Crippen LogP) is 6.76. The fourth-order valence-corrected chi connectivity index (χ4v) is 7.22. The number of hydrogen-bond donors (Lipinski definition) is 6. The number of rotatable bonds is 33. The zero-order chi connectivity index (χ0) is 40.1. The summed E-state index contributed by atoms with van der Waals surface area (Å²) in [5, 5.41) is 46.7. The van der Waals surface area contributed by atoms with Crippen molar-refractivity contribution >= 4 is 23.7 Å². The molecule has 6 N–H and O–H groups in total. The SMILES string of the molecule is CCCCCCCCCCCCCCN(C(=O)CCCCCCCCCCC)[C@@H]1O[C@H](CO)[C@@H](O)[C@H](O)[C@@H]1NC(=O)[C@H](CC(C)C)NC(=O)CCC(=O)O. The van der Waals surface area contributed by atoms with Crippen LogP contribution in [0.2, 0.25) is 0 Å². The van der Waals surface area contributed by atoms with Crippen molar-refractivity contribution in [3.63, 3.8) is 0 Å². The zero-order valence-corrected chi connectivity index (χ0v) is 34.4. The second kappa shape index (κ2) is 30.9. The highest BCUT2D eigenvalue weighted by Gasteiger charge is 2.48. The maximum absolute atomic E-state index is 14.0. The van der Waals surface area contributed by atoms with Gasteiger partial charge in [-0.05, 0) is 25.2 Å². The lowest BCUT2D eigenvalue weighted by Gasteiger charge is -2.47. The standard InChI is InChI=1S/C42H79N3O9/c1-5-7-9-11-13-15-16-17-19-21-23-25-29-45(36(48)26-24-22-20-18-14-12-10-8-6-2)42-38(40(52)39(51)34(31-46)54-42)44-41(53)33(30-32(3)4)43-35(47)27-28-37(49)50/h32-34,38-40,42,46,51-52H,5-31H2,1-4H3,(H,43,47)(H,44,53)(H,49,50)/t33-,34+,38-,39+,40+,42+/m0/s1. The van der Waals surface area contributed by atoms with Crippen molar-refractivity contribution < 1.29 is 44.3 Å². The van der Waals surface area contributed by atoms with Gasteiger partial charge in [-0.25, -0.2) is 0 Å². The largest absolute Gasteiger partial charge is 0.481 e. The van der Waals surface area contributed by atoms with Gasteiger partial charge in [0.15, 0.2) is 6.23 Å². The molecule has 0 bridgehead atoms. The van der Waals surface area contributed by atoms with Gasteiger partial charge in [0, 0.05) is 19.4 Å². The molecule has 0 unspecified atom stereocenters.